The molecule has 1 aromatic heterocycles. The van der Waals surface area contributed by atoms with Gasteiger partial charge in [0.2, 0.25) is 5.91 Å². The number of aliphatic hydroxyl groups is 1. The Hall–Kier alpha value is -1.91. The molecule has 2 aromatic rings. The van der Waals surface area contributed by atoms with Crippen LogP contribution in [0.1, 0.15) is 11.1 Å². The second kappa shape index (κ2) is 7.62. The number of nitrogens with zero attached hydrogens (tertiary/aromatic N) is 1. The third-order valence-electron chi connectivity index (χ3n) is 2.86. The van der Waals surface area contributed by atoms with Gasteiger partial charge in [-0.05, 0) is 34.0 Å². The van der Waals surface area contributed by atoms with Crippen molar-refractivity contribution in [3.05, 3.63) is 64.4 Å². The number of rotatable bonds is 6. The summed E-state index contributed by atoms with van der Waals surface area (Å²) in [5, 5.41) is 13.1. The molecule has 0 atom stereocenters. The molecular weight excluding hydrogens is 270 g/mol. The molecule has 0 saturated heterocycles. The summed E-state index contributed by atoms with van der Waals surface area (Å²) in [7, 11) is 0. The largest absolute Gasteiger partial charge is 0.395 e. The summed E-state index contributed by atoms with van der Waals surface area (Å²) < 4.78 is 0. The normalized spacial score (nSPS) is 10.8. The van der Waals surface area contributed by atoms with Crippen molar-refractivity contribution < 1.29 is 9.90 Å². The Balaban J connectivity index is 2.02. The van der Waals surface area contributed by atoms with Gasteiger partial charge in [0.05, 0.1) is 6.61 Å². The van der Waals surface area contributed by atoms with Gasteiger partial charge < -0.3 is 10.0 Å². The van der Waals surface area contributed by atoms with Gasteiger partial charge in [-0.2, -0.15) is 11.3 Å². The third-order valence-corrected chi connectivity index (χ3v) is 3.56. The van der Waals surface area contributed by atoms with Crippen molar-refractivity contribution in [2.45, 2.75) is 6.54 Å². The fourth-order valence-corrected chi connectivity index (χ4v) is 2.46. The van der Waals surface area contributed by atoms with E-state index in [0.29, 0.717) is 13.1 Å². The Morgan fingerprint density at radius 3 is 2.70 bits per heavy atom. The van der Waals surface area contributed by atoms with Gasteiger partial charge in [-0.3, -0.25) is 4.79 Å². The van der Waals surface area contributed by atoms with Crippen LogP contribution >= 0.6 is 11.3 Å². The van der Waals surface area contributed by atoms with E-state index >= 15 is 0 Å². The van der Waals surface area contributed by atoms with E-state index in [9.17, 15) is 4.79 Å². The molecule has 0 aliphatic rings. The molecule has 0 radical (unpaired) electrons. The van der Waals surface area contributed by atoms with Crippen LogP contribution in [0.4, 0.5) is 0 Å². The van der Waals surface area contributed by atoms with Gasteiger partial charge >= 0.3 is 0 Å². The molecule has 20 heavy (non-hydrogen) atoms. The number of benzene rings is 1. The van der Waals surface area contributed by atoms with Crippen LogP contribution in [0, 0.1) is 0 Å². The van der Waals surface area contributed by atoms with Gasteiger partial charge in [0.15, 0.2) is 0 Å². The number of hydrogen-bond acceptors (Lipinski definition) is 3. The molecule has 1 aromatic carbocycles. The van der Waals surface area contributed by atoms with E-state index in [2.05, 4.69) is 0 Å². The number of aliphatic hydroxyl groups excluding tert-OH is 1. The van der Waals surface area contributed by atoms with Crippen LogP contribution in [0.5, 0.6) is 0 Å². The van der Waals surface area contributed by atoms with Crippen molar-refractivity contribution in [1.29, 1.82) is 0 Å². The Bertz CT molecular complexity index is 549. The summed E-state index contributed by atoms with van der Waals surface area (Å²) in [4.78, 5) is 13.8. The lowest BCUT2D eigenvalue weighted by Gasteiger charge is -2.20. The van der Waals surface area contributed by atoms with Crippen molar-refractivity contribution in [2.75, 3.05) is 13.2 Å². The third kappa shape index (κ3) is 4.33. The number of amides is 1. The second-order valence-corrected chi connectivity index (χ2v) is 5.14. The maximum Gasteiger partial charge on any atom is 0.246 e. The molecule has 0 fully saturated rings. The van der Waals surface area contributed by atoms with Gasteiger partial charge in [-0.1, -0.05) is 30.3 Å². The predicted octanol–water partition coefficient (Wildman–Crippen LogP) is 2.78. The minimum absolute atomic E-state index is 0.0368. The molecule has 0 saturated carbocycles. The fraction of sp³-hybridized carbons (Fsp3) is 0.188. The first kappa shape index (κ1) is 14.5. The highest BCUT2D eigenvalue weighted by atomic mass is 32.1. The minimum Gasteiger partial charge on any atom is -0.395 e. The highest BCUT2D eigenvalue weighted by Crippen LogP contribution is 2.09. The van der Waals surface area contributed by atoms with E-state index in [1.807, 2.05) is 47.2 Å². The summed E-state index contributed by atoms with van der Waals surface area (Å²) in [6.07, 6.45) is 3.36. The van der Waals surface area contributed by atoms with Crippen molar-refractivity contribution in [3.63, 3.8) is 0 Å². The SMILES string of the molecule is O=C(/C=C/c1ccsc1)N(CCO)Cc1ccccc1. The zero-order valence-electron chi connectivity index (χ0n) is 11.1. The summed E-state index contributed by atoms with van der Waals surface area (Å²) in [6, 6.07) is 11.7. The molecule has 104 valence electrons. The molecular formula is C16H17NO2S. The van der Waals surface area contributed by atoms with E-state index in [0.717, 1.165) is 11.1 Å². The van der Waals surface area contributed by atoms with Crippen molar-refractivity contribution in [3.8, 4) is 0 Å². The van der Waals surface area contributed by atoms with Gasteiger partial charge in [0.25, 0.3) is 0 Å². The van der Waals surface area contributed by atoms with Gasteiger partial charge in [0, 0.05) is 19.2 Å². The first-order valence-electron chi connectivity index (χ1n) is 6.43. The standard InChI is InChI=1S/C16H17NO2S/c18-10-9-17(12-14-4-2-1-3-5-14)16(19)7-6-15-8-11-20-13-15/h1-8,11,13,18H,9-10,12H2/b7-6+. The molecule has 1 amide bonds. The summed E-state index contributed by atoms with van der Waals surface area (Å²) >= 11 is 1.60. The van der Waals surface area contributed by atoms with Crippen molar-refractivity contribution >= 4 is 23.3 Å². The Kier molecular flexibility index (Phi) is 5.53. The molecule has 0 aliphatic carbocycles. The number of thiophene rings is 1. The molecule has 1 N–H and O–H groups in total. The van der Waals surface area contributed by atoms with Gasteiger partial charge in [-0.15, -0.1) is 0 Å². The predicted molar refractivity (Wildman–Crippen MR) is 82.3 cm³/mol. The Labute approximate surface area is 122 Å². The fourth-order valence-electron chi connectivity index (χ4n) is 1.83. The summed E-state index contributed by atoms with van der Waals surface area (Å²) in [6.45, 7) is 0.806. The molecule has 2 rings (SSSR count). The van der Waals surface area contributed by atoms with Crippen LogP contribution in [0.25, 0.3) is 6.08 Å². The lowest BCUT2D eigenvalue weighted by molar-refractivity contribution is -0.127. The quantitative estimate of drug-likeness (QED) is 0.830. The molecule has 1 heterocycles. The first-order chi connectivity index (χ1) is 9.79. The van der Waals surface area contributed by atoms with E-state index in [-0.39, 0.29) is 12.5 Å². The highest BCUT2D eigenvalue weighted by molar-refractivity contribution is 7.08. The summed E-state index contributed by atoms with van der Waals surface area (Å²) in [5.74, 6) is -0.0888. The molecule has 0 bridgehead atoms. The minimum atomic E-state index is -0.0888. The van der Waals surface area contributed by atoms with Crippen molar-refractivity contribution in [2.24, 2.45) is 0 Å². The monoisotopic (exact) mass is 287 g/mol. The van der Waals surface area contributed by atoms with Gasteiger partial charge in [-0.25, -0.2) is 0 Å². The molecule has 3 nitrogen and oxygen atoms in total. The number of carbonyl (C=O) groups is 1. The van der Waals surface area contributed by atoms with E-state index < -0.39 is 0 Å². The van der Waals surface area contributed by atoms with Gasteiger partial charge in [0.1, 0.15) is 0 Å². The maximum atomic E-state index is 12.2. The zero-order chi connectivity index (χ0) is 14.2. The molecule has 4 heteroatoms. The topological polar surface area (TPSA) is 40.5 Å². The molecule has 0 spiro atoms. The number of hydrogen-bond donors (Lipinski definition) is 1. The van der Waals surface area contributed by atoms with Crippen LogP contribution in [0.3, 0.4) is 0 Å². The highest BCUT2D eigenvalue weighted by Gasteiger charge is 2.10. The zero-order valence-corrected chi connectivity index (χ0v) is 11.9. The smallest absolute Gasteiger partial charge is 0.246 e. The molecule has 0 aliphatic heterocycles. The van der Waals surface area contributed by atoms with E-state index in [1.54, 1.807) is 28.4 Å². The Morgan fingerprint density at radius 1 is 1.25 bits per heavy atom. The second-order valence-electron chi connectivity index (χ2n) is 4.36. The van der Waals surface area contributed by atoms with E-state index in [4.69, 9.17) is 5.11 Å². The summed E-state index contributed by atoms with van der Waals surface area (Å²) in [5.41, 5.74) is 2.07. The van der Waals surface area contributed by atoms with Crippen molar-refractivity contribution in [1.82, 2.24) is 4.90 Å². The average molecular weight is 287 g/mol. The van der Waals surface area contributed by atoms with Crippen LogP contribution in [0.15, 0.2) is 53.2 Å². The first-order valence-corrected chi connectivity index (χ1v) is 7.38. The van der Waals surface area contributed by atoms with Crippen LogP contribution < -0.4 is 0 Å². The van der Waals surface area contributed by atoms with Crippen LogP contribution in [-0.2, 0) is 11.3 Å². The lowest BCUT2D eigenvalue weighted by atomic mass is 10.2. The Morgan fingerprint density at radius 2 is 2.05 bits per heavy atom. The number of carbonyl (C=O) groups excluding carboxylic acids is 1. The lowest BCUT2D eigenvalue weighted by Crippen LogP contribution is -2.31. The van der Waals surface area contributed by atoms with Crippen LogP contribution in [0.2, 0.25) is 0 Å². The van der Waals surface area contributed by atoms with E-state index in [1.165, 1.54) is 0 Å². The molecule has 0 unspecified atom stereocenters. The maximum absolute atomic E-state index is 12.2. The average Bonchev–Trinajstić information content (AvgIpc) is 2.99. The van der Waals surface area contributed by atoms with Crippen LogP contribution in [-0.4, -0.2) is 29.1 Å².